The van der Waals surface area contributed by atoms with Crippen LogP contribution in [-0.2, 0) is 0 Å². The lowest BCUT2D eigenvalue weighted by molar-refractivity contribution is 0.464. The standard InChI is InChI=1S/C18H15BrClN5OS/c19-13-9-11(4-5-14(13)20)26-16-12(3-1-6-21-16)15-10-27-18(24-15)25-17-22-7-2-8-23-17/h1,3-6,9-10H,2,7-8H2,(H2,22,23,24,25). The van der Waals surface area contributed by atoms with Crippen LogP contribution in [0.4, 0.5) is 5.13 Å². The van der Waals surface area contributed by atoms with Crippen LogP contribution < -0.4 is 15.4 Å². The maximum atomic E-state index is 6.05. The van der Waals surface area contributed by atoms with E-state index in [0.717, 1.165) is 46.3 Å². The Hall–Kier alpha value is -2.16. The first-order valence-corrected chi connectivity index (χ1v) is 10.3. The summed E-state index contributed by atoms with van der Waals surface area (Å²) in [4.78, 5) is 13.4. The van der Waals surface area contributed by atoms with Crippen LogP contribution in [0, 0.1) is 0 Å². The molecule has 0 unspecified atom stereocenters. The lowest BCUT2D eigenvalue weighted by atomic mass is 10.2. The average molecular weight is 465 g/mol. The molecule has 3 aromatic rings. The lowest BCUT2D eigenvalue weighted by Crippen LogP contribution is -2.35. The summed E-state index contributed by atoms with van der Waals surface area (Å²) < 4.78 is 6.73. The van der Waals surface area contributed by atoms with E-state index in [-0.39, 0.29) is 0 Å². The van der Waals surface area contributed by atoms with E-state index in [1.807, 2.05) is 23.6 Å². The Morgan fingerprint density at radius 3 is 3.04 bits per heavy atom. The first-order chi connectivity index (χ1) is 13.2. The number of aliphatic imine (C=N–C) groups is 1. The summed E-state index contributed by atoms with van der Waals surface area (Å²) in [5, 5.41) is 9.80. The maximum Gasteiger partial charge on any atom is 0.228 e. The molecule has 0 atom stereocenters. The van der Waals surface area contributed by atoms with Crippen LogP contribution in [0.2, 0.25) is 5.02 Å². The number of benzene rings is 1. The van der Waals surface area contributed by atoms with Crippen LogP contribution in [0.5, 0.6) is 11.6 Å². The Bertz CT molecular complexity index is 993. The van der Waals surface area contributed by atoms with Gasteiger partial charge < -0.3 is 15.4 Å². The predicted molar refractivity (Wildman–Crippen MR) is 113 cm³/mol. The Morgan fingerprint density at radius 1 is 1.30 bits per heavy atom. The fourth-order valence-electron chi connectivity index (χ4n) is 2.49. The summed E-state index contributed by atoms with van der Waals surface area (Å²) in [6.45, 7) is 1.74. The zero-order valence-corrected chi connectivity index (χ0v) is 17.2. The van der Waals surface area contributed by atoms with Crippen molar-refractivity contribution in [3.63, 3.8) is 0 Å². The minimum absolute atomic E-state index is 0.483. The highest BCUT2D eigenvalue weighted by molar-refractivity contribution is 9.10. The molecule has 2 N–H and O–H groups in total. The van der Waals surface area contributed by atoms with Gasteiger partial charge in [-0.3, -0.25) is 4.99 Å². The van der Waals surface area contributed by atoms with Crippen molar-refractivity contribution in [2.75, 3.05) is 18.4 Å². The highest BCUT2D eigenvalue weighted by atomic mass is 79.9. The molecule has 0 amide bonds. The second-order valence-electron chi connectivity index (χ2n) is 5.71. The van der Waals surface area contributed by atoms with E-state index in [4.69, 9.17) is 16.3 Å². The summed E-state index contributed by atoms with van der Waals surface area (Å²) in [6.07, 6.45) is 2.74. The molecule has 138 valence electrons. The van der Waals surface area contributed by atoms with E-state index in [1.165, 1.54) is 11.3 Å². The molecule has 4 rings (SSSR count). The van der Waals surface area contributed by atoms with Crippen molar-refractivity contribution in [1.29, 1.82) is 0 Å². The fourth-order valence-corrected chi connectivity index (χ4v) is 3.68. The number of nitrogens with one attached hydrogen (secondary N) is 2. The highest BCUT2D eigenvalue weighted by Gasteiger charge is 2.14. The van der Waals surface area contributed by atoms with Crippen LogP contribution >= 0.6 is 38.9 Å². The number of anilines is 1. The molecular weight excluding hydrogens is 450 g/mol. The molecule has 3 heterocycles. The predicted octanol–water partition coefficient (Wildman–Crippen LogP) is 5.17. The number of rotatable bonds is 4. The third-order valence-corrected chi connectivity index (χ3v) is 5.75. The topological polar surface area (TPSA) is 71.4 Å². The normalized spacial score (nSPS) is 13.6. The van der Waals surface area contributed by atoms with Gasteiger partial charge in [0.15, 0.2) is 11.1 Å². The third-order valence-electron chi connectivity index (χ3n) is 3.78. The Morgan fingerprint density at radius 2 is 2.22 bits per heavy atom. The van der Waals surface area contributed by atoms with Crippen LogP contribution in [0.25, 0.3) is 11.3 Å². The molecule has 0 radical (unpaired) electrons. The number of guanidine groups is 1. The smallest absolute Gasteiger partial charge is 0.228 e. The summed E-state index contributed by atoms with van der Waals surface area (Å²) in [7, 11) is 0. The molecule has 1 aliphatic rings. The quantitative estimate of drug-likeness (QED) is 0.557. The highest BCUT2D eigenvalue weighted by Crippen LogP contribution is 2.35. The fraction of sp³-hybridized carbons (Fsp3) is 0.167. The van der Waals surface area contributed by atoms with E-state index >= 15 is 0 Å². The Labute approximate surface area is 173 Å². The van der Waals surface area contributed by atoms with Gasteiger partial charge in [-0.15, -0.1) is 11.3 Å². The number of nitrogens with zero attached hydrogens (tertiary/aromatic N) is 3. The van der Waals surface area contributed by atoms with E-state index in [2.05, 4.69) is 41.5 Å². The zero-order chi connectivity index (χ0) is 18.6. The van der Waals surface area contributed by atoms with Crippen molar-refractivity contribution < 1.29 is 4.74 Å². The molecule has 0 fully saturated rings. The minimum atomic E-state index is 0.483. The molecule has 1 aliphatic heterocycles. The number of thiazole rings is 1. The van der Waals surface area contributed by atoms with E-state index in [9.17, 15) is 0 Å². The van der Waals surface area contributed by atoms with Crippen molar-refractivity contribution in [1.82, 2.24) is 15.3 Å². The van der Waals surface area contributed by atoms with Crippen molar-refractivity contribution in [3.8, 4) is 22.9 Å². The van der Waals surface area contributed by atoms with Crippen LogP contribution in [-0.4, -0.2) is 29.0 Å². The second-order valence-corrected chi connectivity index (χ2v) is 7.83. The number of hydrogen-bond donors (Lipinski definition) is 2. The van der Waals surface area contributed by atoms with Gasteiger partial charge in [0, 0.05) is 29.1 Å². The summed E-state index contributed by atoms with van der Waals surface area (Å²) in [5.74, 6) is 1.88. The van der Waals surface area contributed by atoms with E-state index < -0.39 is 0 Å². The van der Waals surface area contributed by atoms with Gasteiger partial charge in [-0.2, -0.15) is 0 Å². The van der Waals surface area contributed by atoms with E-state index in [0.29, 0.717) is 16.7 Å². The maximum absolute atomic E-state index is 6.05. The lowest BCUT2D eigenvalue weighted by Gasteiger charge is -2.14. The molecule has 9 heteroatoms. The summed E-state index contributed by atoms with van der Waals surface area (Å²) in [5.41, 5.74) is 1.60. The van der Waals surface area contributed by atoms with Crippen molar-refractivity contribution in [2.24, 2.45) is 4.99 Å². The average Bonchev–Trinajstić information content (AvgIpc) is 3.14. The number of ether oxygens (including phenoxy) is 1. The van der Waals surface area contributed by atoms with Gasteiger partial charge in [0.25, 0.3) is 0 Å². The molecule has 2 aromatic heterocycles. The van der Waals surface area contributed by atoms with Gasteiger partial charge in [-0.05, 0) is 52.7 Å². The molecule has 6 nitrogen and oxygen atoms in total. The molecule has 0 aliphatic carbocycles. The molecule has 1 aromatic carbocycles. The Kier molecular flexibility index (Phi) is 5.56. The van der Waals surface area contributed by atoms with Gasteiger partial charge in [0.1, 0.15) is 5.75 Å². The van der Waals surface area contributed by atoms with Gasteiger partial charge in [0.2, 0.25) is 5.88 Å². The van der Waals surface area contributed by atoms with Crippen LogP contribution in [0.1, 0.15) is 6.42 Å². The molecule has 0 bridgehead atoms. The molecule has 0 saturated heterocycles. The largest absolute Gasteiger partial charge is 0.438 e. The number of halogens is 2. The van der Waals surface area contributed by atoms with Gasteiger partial charge in [0.05, 0.1) is 16.3 Å². The molecular formula is C18H15BrClN5OS. The monoisotopic (exact) mass is 463 g/mol. The number of hydrogen-bond acceptors (Lipinski definition) is 7. The van der Waals surface area contributed by atoms with Crippen LogP contribution in [0.15, 0.2) is 51.4 Å². The van der Waals surface area contributed by atoms with Gasteiger partial charge >= 0.3 is 0 Å². The minimum Gasteiger partial charge on any atom is -0.438 e. The van der Waals surface area contributed by atoms with Crippen LogP contribution in [0.3, 0.4) is 0 Å². The number of aromatic nitrogens is 2. The number of pyridine rings is 1. The van der Waals surface area contributed by atoms with Crippen molar-refractivity contribution >= 4 is 50.0 Å². The third kappa shape index (κ3) is 4.40. The van der Waals surface area contributed by atoms with Gasteiger partial charge in [-0.25, -0.2) is 9.97 Å². The van der Waals surface area contributed by atoms with Crippen molar-refractivity contribution in [2.45, 2.75) is 6.42 Å². The first-order valence-electron chi connectivity index (χ1n) is 8.28. The molecule has 0 spiro atoms. The second kappa shape index (κ2) is 8.24. The van der Waals surface area contributed by atoms with Crippen molar-refractivity contribution in [3.05, 3.63) is 51.4 Å². The Balaban J connectivity index is 1.57. The molecule has 0 saturated carbocycles. The summed E-state index contributed by atoms with van der Waals surface area (Å²) >= 11 is 11.0. The summed E-state index contributed by atoms with van der Waals surface area (Å²) in [6, 6.07) is 9.17. The van der Waals surface area contributed by atoms with Gasteiger partial charge in [-0.1, -0.05) is 11.6 Å². The first kappa shape index (κ1) is 18.2. The SMILES string of the molecule is Clc1ccc(Oc2ncccc2-c2csc(NC3=NCCCN3)n2)cc1Br. The zero-order valence-electron chi connectivity index (χ0n) is 14.1. The molecule has 27 heavy (non-hydrogen) atoms. The van der Waals surface area contributed by atoms with E-state index in [1.54, 1.807) is 18.3 Å².